The van der Waals surface area contributed by atoms with Crippen LogP contribution < -0.4 is 15.0 Å². The molecule has 0 saturated carbocycles. The van der Waals surface area contributed by atoms with Crippen molar-refractivity contribution in [3.8, 4) is 11.5 Å². The van der Waals surface area contributed by atoms with E-state index in [9.17, 15) is 5.11 Å². The summed E-state index contributed by atoms with van der Waals surface area (Å²) in [5, 5.41) is 15.6. The Labute approximate surface area is 176 Å². The lowest BCUT2D eigenvalue weighted by atomic mass is 9.96. The van der Waals surface area contributed by atoms with Crippen LogP contribution in [0.5, 0.6) is 11.5 Å². The van der Waals surface area contributed by atoms with Gasteiger partial charge in [0.05, 0.1) is 12.3 Å². The van der Waals surface area contributed by atoms with E-state index in [0.29, 0.717) is 12.1 Å². The number of rotatable bonds is 6. The van der Waals surface area contributed by atoms with Gasteiger partial charge < -0.3 is 9.84 Å². The van der Waals surface area contributed by atoms with Crippen LogP contribution in [-0.2, 0) is 0 Å². The van der Waals surface area contributed by atoms with E-state index in [1.54, 1.807) is 0 Å². The van der Waals surface area contributed by atoms with E-state index in [2.05, 4.69) is 15.3 Å². The molecule has 4 rings (SSSR count). The molecule has 0 amide bonds. The maximum Gasteiger partial charge on any atom is 0.273 e. The third kappa shape index (κ3) is 4.06. The summed E-state index contributed by atoms with van der Waals surface area (Å²) < 4.78 is 5.59. The number of ether oxygens (including phenoxy) is 1. The topological polar surface area (TPSA) is 68.5 Å². The molecule has 152 valence electrons. The second-order valence-corrected chi connectivity index (χ2v) is 7.35. The van der Waals surface area contributed by atoms with Crippen LogP contribution >= 0.6 is 0 Å². The minimum Gasteiger partial charge on any atom is -0.505 e. The van der Waals surface area contributed by atoms with E-state index in [4.69, 9.17) is 4.74 Å². The molecule has 0 aliphatic heterocycles. The van der Waals surface area contributed by atoms with Crippen molar-refractivity contribution in [3.05, 3.63) is 89.2 Å². The number of anilines is 1. The zero-order valence-electron chi connectivity index (χ0n) is 17.4. The van der Waals surface area contributed by atoms with Crippen molar-refractivity contribution < 1.29 is 14.8 Å². The van der Waals surface area contributed by atoms with E-state index < -0.39 is 0 Å². The van der Waals surface area contributed by atoms with Gasteiger partial charge in [-0.15, -0.1) is 0 Å². The minimum atomic E-state index is -0.273. The van der Waals surface area contributed by atoms with Gasteiger partial charge in [-0.3, -0.25) is 5.32 Å². The minimum absolute atomic E-state index is 0.190. The van der Waals surface area contributed by atoms with Crippen LogP contribution in [0.1, 0.15) is 35.5 Å². The molecule has 2 heterocycles. The number of benzene rings is 2. The number of aromatic hydroxyl groups is 1. The number of aromatic amines is 1. The van der Waals surface area contributed by atoms with Gasteiger partial charge in [-0.2, -0.15) is 0 Å². The normalized spacial score (nSPS) is 12.0. The predicted molar refractivity (Wildman–Crippen MR) is 119 cm³/mol. The fraction of sp³-hybridized carbons (Fsp3) is 0.200. The zero-order valence-corrected chi connectivity index (χ0v) is 17.4. The summed E-state index contributed by atoms with van der Waals surface area (Å²) in [6.07, 6.45) is 0. The maximum atomic E-state index is 11.1. The van der Waals surface area contributed by atoms with Crippen LogP contribution in [0.4, 0.5) is 5.82 Å². The van der Waals surface area contributed by atoms with Crippen molar-refractivity contribution in [3.63, 3.8) is 0 Å². The lowest BCUT2D eigenvalue weighted by Gasteiger charge is -2.18. The number of hydrogen-bond donors (Lipinski definition) is 2. The van der Waals surface area contributed by atoms with Crippen LogP contribution in [0.2, 0.25) is 0 Å². The van der Waals surface area contributed by atoms with E-state index >= 15 is 0 Å². The number of nitrogens with one attached hydrogen (secondary N) is 2. The quantitative estimate of drug-likeness (QED) is 0.479. The molecular formula is C25H26N3O2+. The summed E-state index contributed by atoms with van der Waals surface area (Å²) in [6.45, 7) is 6.52. The number of aryl methyl sites for hydroxylation is 2. The number of phenolic OH excluding ortho intramolecular Hbond substituents is 1. The molecule has 0 spiro atoms. The highest BCUT2D eigenvalue weighted by Gasteiger charge is 2.24. The third-order valence-corrected chi connectivity index (χ3v) is 5.08. The largest absolute Gasteiger partial charge is 0.505 e. The molecule has 0 saturated heterocycles. The first kappa shape index (κ1) is 19.7. The molecule has 0 radical (unpaired) electrons. The molecule has 0 aliphatic carbocycles. The highest BCUT2D eigenvalue weighted by molar-refractivity contribution is 5.86. The van der Waals surface area contributed by atoms with Crippen molar-refractivity contribution in [2.75, 3.05) is 11.9 Å². The van der Waals surface area contributed by atoms with E-state index in [0.717, 1.165) is 39.5 Å². The summed E-state index contributed by atoms with van der Waals surface area (Å²) >= 11 is 0. The van der Waals surface area contributed by atoms with E-state index in [1.165, 1.54) is 0 Å². The highest BCUT2D eigenvalue weighted by atomic mass is 16.5. The van der Waals surface area contributed by atoms with Crippen LogP contribution in [0.15, 0.2) is 66.7 Å². The summed E-state index contributed by atoms with van der Waals surface area (Å²) in [7, 11) is 0. The SMILES string of the molecule is CCOc1ccc([C@H](Nc2cccc(C)[nH+]2)c2ccc3ccc(C)nc3c2O)cc1. The van der Waals surface area contributed by atoms with E-state index in [1.807, 2.05) is 87.5 Å². The van der Waals surface area contributed by atoms with Crippen molar-refractivity contribution in [1.82, 2.24) is 4.98 Å². The number of fused-ring (bicyclic) bond motifs is 1. The van der Waals surface area contributed by atoms with Gasteiger partial charge in [0.15, 0.2) is 0 Å². The molecule has 0 aliphatic rings. The molecule has 4 aromatic rings. The number of hydrogen-bond acceptors (Lipinski definition) is 4. The average Bonchev–Trinajstić information content (AvgIpc) is 2.74. The van der Waals surface area contributed by atoms with Crippen molar-refractivity contribution in [1.29, 1.82) is 0 Å². The number of H-pyrrole nitrogens is 1. The van der Waals surface area contributed by atoms with Gasteiger partial charge in [0, 0.05) is 28.3 Å². The Morgan fingerprint density at radius 2 is 1.77 bits per heavy atom. The summed E-state index contributed by atoms with van der Waals surface area (Å²) in [6, 6.07) is 21.5. The fourth-order valence-electron chi connectivity index (χ4n) is 3.61. The highest BCUT2D eigenvalue weighted by Crippen LogP contribution is 2.36. The third-order valence-electron chi connectivity index (χ3n) is 5.08. The second-order valence-electron chi connectivity index (χ2n) is 7.35. The Morgan fingerprint density at radius 1 is 1.00 bits per heavy atom. The zero-order chi connectivity index (χ0) is 21.1. The fourth-order valence-corrected chi connectivity index (χ4v) is 3.61. The molecule has 30 heavy (non-hydrogen) atoms. The Hall–Kier alpha value is -3.60. The Balaban J connectivity index is 1.82. The van der Waals surface area contributed by atoms with Crippen molar-refractivity contribution >= 4 is 16.7 Å². The van der Waals surface area contributed by atoms with E-state index in [-0.39, 0.29) is 11.8 Å². The van der Waals surface area contributed by atoms with Crippen LogP contribution in [-0.4, -0.2) is 16.7 Å². The van der Waals surface area contributed by atoms with Crippen molar-refractivity contribution in [2.45, 2.75) is 26.8 Å². The smallest absolute Gasteiger partial charge is 0.273 e. The monoisotopic (exact) mass is 400 g/mol. The van der Waals surface area contributed by atoms with Crippen LogP contribution in [0.25, 0.3) is 10.9 Å². The van der Waals surface area contributed by atoms with Crippen LogP contribution in [0, 0.1) is 13.8 Å². The van der Waals surface area contributed by atoms with Crippen molar-refractivity contribution in [2.24, 2.45) is 0 Å². The maximum absolute atomic E-state index is 11.1. The molecule has 2 aromatic heterocycles. The van der Waals surface area contributed by atoms with Gasteiger partial charge in [-0.1, -0.05) is 30.3 Å². The second kappa shape index (κ2) is 8.41. The van der Waals surface area contributed by atoms with Gasteiger partial charge in [0.2, 0.25) is 0 Å². The van der Waals surface area contributed by atoms with Gasteiger partial charge >= 0.3 is 0 Å². The summed E-state index contributed by atoms with van der Waals surface area (Å²) in [4.78, 5) is 7.91. The molecule has 1 atom stereocenters. The number of aromatic nitrogens is 2. The lowest BCUT2D eigenvalue weighted by molar-refractivity contribution is -0.371. The van der Waals surface area contributed by atoms with Gasteiger partial charge in [0.25, 0.3) is 5.82 Å². The average molecular weight is 401 g/mol. The Bertz CT molecular complexity index is 1170. The first-order chi connectivity index (χ1) is 14.5. The molecule has 3 N–H and O–H groups in total. The predicted octanol–water partition coefficient (Wildman–Crippen LogP) is 4.97. The van der Waals surface area contributed by atoms with Crippen LogP contribution in [0.3, 0.4) is 0 Å². The molecule has 0 unspecified atom stereocenters. The molecular weight excluding hydrogens is 374 g/mol. The Morgan fingerprint density at radius 3 is 2.50 bits per heavy atom. The number of phenols is 1. The Kier molecular flexibility index (Phi) is 5.53. The summed E-state index contributed by atoms with van der Waals surface area (Å²) in [5.41, 5.74) is 4.30. The standard InChI is InChI=1S/C25H25N3O2/c1-4-30-20-13-10-18(11-14-20)23(28-22-7-5-6-16(2)26-22)21-15-12-19-9-8-17(3)27-24(19)25(21)29/h5-15,23,29H,4H2,1-3H3,(H,26,28)/p+1/t23-/m0/s1. The molecule has 0 fully saturated rings. The summed E-state index contributed by atoms with van der Waals surface area (Å²) in [5.74, 6) is 1.88. The molecule has 5 nitrogen and oxygen atoms in total. The first-order valence-electron chi connectivity index (χ1n) is 10.1. The molecule has 2 aromatic carbocycles. The molecule has 0 bridgehead atoms. The lowest BCUT2D eigenvalue weighted by Crippen LogP contribution is -2.20. The number of pyridine rings is 2. The van der Waals surface area contributed by atoms with Gasteiger partial charge in [-0.25, -0.2) is 9.97 Å². The number of nitrogens with zero attached hydrogens (tertiary/aromatic N) is 1. The molecule has 5 heteroatoms. The first-order valence-corrected chi connectivity index (χ1v) is 10.1. The van der Waals surface area contributed by atoms with Gasteiger partial charge in [-0.05, 0) is 51.1 Å². The van der Waals surface area contributed by atoms with Gasteiger partial charge in [0.1, 0.15) is 23.1 Å².